The van der Waals surface area contributed by atoms with Gasteiger partial charge in [0.2, 0.25) is 0 Å². The molecule has 2 heterocycles. The normalized spacial score (nSPS) is 25.1. The van der Waals surface area contributed by atoms with Gasteiger partial charge < -0.3 is 15.6 Å². The molecule has 1 aliphatic heterocycles. The quantitative estimate of drug-likeness (QED) is 0.840. The van der Waals surface area contributed by atoms with Gasteiger partial charge in [-0.15, -0.1) is 0 Å². The van der Waals surface area contributed by atoms with Crippen LogP contribution in [0.3, 0.4) is 0 Å². The molecule has 0 bridgehead atoms. The molecule has 1 saturated heterocycles. The smallest absolute Gasteiger partial charge is 0.267 e. The van der Waals surface area contributed by atoms with Crippen LogP contribution in [-0.4, -0.2) is 29.1 Å². The standard InChI is InChI=1S/C10H15BrN4O/c1-6-2-7(3-12)4-15(6)9-8(11)10(16)14-5-13-9/h5-7H,2-4,12H2,1H3,(H,13,14,16). The Balaban J connectivity index is 2.31. The summed E-state index contributed by atoms with van der Waals surface area (Å²) in [5, 5.41) is 0. The first-order valence-corrected chi connectivity index (χ1v) is 6.12. The van der Waals surface area contributed by atoms with Gasteiger partial charge in [0.1, 0.15) is 4.47 Å². The van der Waals surface area contributed by atoms with E-state index in [1.54, 1.807) is 0 Å². The number of anilines is 1. The van der Waals surface area contributed by atoms with Gasteiger partial charge in [-0.2, -0.15) is 0 Å². The summed E-state index contributed by atoms with van der Waals surface area (Å²) < 4.78 is 0.500. The van der Waals surface area contributed by atoms with Crippen molar-refractivity contribution < 1.29 is 0 Å². The van der Waals surface area contributed by atoms with Gasteiger partial charge >= 0.3 is 0 Å². The lowest BCUT2D eigenvalue weighted by Gasteiger charge is -2.23. The van der Waals surface area contributed by atoms with Crippen LogP contribution in [0.4, 0.5) is 5.82 Å². The zero-order valence-corrected chi connectivity index (χ0v) is 10.7. The summed E-state index contributed by atoms with van der Waals surface area (Å²) in [4.78, 5) is 20.4. The molecule has 2 unspecified atom stereocenters. The van der Waals surface area contributed by atoms with Crippen LogP contribution in [0.15, 0.2) is 15.6 Å². The average molecular weight is 287 g/mol. The molecule has 1 aromatic heterocycles. The highest BCUT2D eigenvalue weighted by atomic mass is 79.9. The van der Waals surface area contributed by atoms with E-state index in [0.29, 0.717) is 28.8 Å². The van der Waals surface area contributed by atoms with Crippen LogP contribution in [0, 0.1) is 5.92 Å². The number of halogens is 1. The van der Waals surface area contributed by atoms with Crippen LogP contribution in [0.5, 0.6) is 0 Å². The van der Waals surface area contributed by atoms with E-state index in [2.05, 4.69) is 37.7 Å². The van der Waals surface area contributed by atoms with Gasteiger partial charge in [0.25, 0.3) is 5.56 Å². The van der Waals surface area contributed by atoms with Crippen LogP contribution in [-0.2, 0) is 0 Å². The molecule has 0 amide bonds. The summed E-state index contributed by atoms with van der Waals surface area (Å²) in [6, 6.07) is 0.374. The number of nitrogens with one attached hydrogen (secondary N) is 1. The molecule has 88 valence electrons. The summed E-state index contributed by atoms with van der Waals surface area (Å²) in [5.74, 6) is 1.20. The molecule has 16 heavy (non-hydrogen) atoms. The Hall–Kier alpha value is -0.880. The van der Waals surface area contributed by atoms with E-state index in [-0.39, 0.29) is 5.56 Å². The Morgan fingerprint density at radius 3 is 3.12 bits per heavy atom. The molecule has 6 heteroatoms. The van der Waals surface area contributed by atoms with Gasteiger partial charge in [0, 0.05) is 12.6 Å². The average Bonchev–Trinajstić information content (AvgIpc) is 2.64. The van der Waals surface area contributed by atoms with E-state index in [4.69, 9.17) is 5.73 Å². The van der Waals surface area contributed by atoms with E-state index in [1.807, 2.05) is 0 Å². The van der Waals surface area contributed by atoms with Crippen LogP contribution in [0.2, 0.25) is 0 Å². The molecule has 0 aliphatic carbocycles. The van der Waals surface area contributed by atoms with Crippen molar-refractivity contribution in [1.82, 2.24) is 9.97 Å². The lowest BCUT2D eigenvalue weighted by atomic mass is 10.1. The summed E-state index contributed by atoms with van der Waals surface area (Å²) in [6.07, 6.45) is 2.49. The minimum Gasteiger partial charge on any atom is -0.352 e. The summed E-state index contributed by atoms with van der Waals surface area (Å²) >= 11 is 3.28. The largest absolute Gasteiger partial charge is 0.352 e. The van der Waals surface area contributed by atoms with Crippen molar-refractivity contribution in [3.8, 4) is 0 Å². The van der Waals surface area contributed by atoms with Crippen molar-refractivity contribution in [2.24, 2.45) is 11.7 Å². The van der Waals surface area contributed by atoms with Crippen molar-refractivity contribution in [3.63, 3.8) is 0 Å². The first-order valence-electron chi connectivity index (χ1n) is 5.33. The lowest BCUT2D eigenvalue weighted by Crippen LogP contribution is -2.30. The summed E-state index contributed by atoms with van der Waals surface area (Å²) in [6.45, 7) is 3.68. The fourth-order valence-corrected chi connectivity index (χ4v) is 2.63. The van der Waals surface area contributed by atoms with E-state index in [1.165, 1.54) is 6.33 Å². The number of nitrogens with two attached hydrogens (primary N) is 1. The molecule has 3 N–H and O–H groups in total. The van der Waals surface area contributed by atoms with Crippen molar-refractivity contribution >= 4 is 21.7 Å². The van der Waals surface area contributed by atoms with Crippen molar-refractivity contribution in [1.29, 1.82) is 0 Å². The molecule has 0 spiro atoms. The molecule has 0 saturated carbocycles. The van der Waals surface area contributed by atoms with Gasteiger partial charge in [-0.3, -0.25) is 4.79 Å². The molecule has 0 aromatic carbocycles. The Labute approximate surface area is 102 Å². The second-order valence-corrected chi connectivity index (χ2v) is 5.00. The molecule has 2 atom stereocenters. The highest BCUT2D eigenvalue weighted by Crippen LogP contribution is 2.29. The SMILES string of the molecule is CC1CC(CN)CN1c1nc[nH]c(=O)c1Br. The van der Waals surface area contributed by atoms with Crippen molar-refractivity contribution in [3.05, 3.63) is 21.2 Å². The molecule has 5 nitrogen and oxygen atoms in total. The first kappa shape index (κ1) is 11.6. The maximum atomic E-state index is 11.5. The molecule has 1 fully saturated rings. The third-order valence-electron chi connectivity index (χ3n) is 3.04. The van der Waals surface area contributed by atoms with Gasteiger partial charge in [-0.1, -0.05) is 0 Å². The van der Waals surface area contributed by atoms with E-state index in [0.717, 1.165) is 13.0 Å². The summed E-state index contributed by atoms with van der Waals surface area (Å²) in [5.41, 5.74) is 5.53. The highest BCUT2D eigenvalue weighted by molar-refractivity contribution is 9.10. The monoisotopic (exact) mass is 286 g/mol. The summed E-state index contributed by atoms with van der Waals surface area (Å²) in [7, 11) is 0. The van der Waals surface area contributed by atoms with Crippen LogP contribution < -0.4 is 16.2 Å². The molecular formula is C10H15BrN4O. The predicted molar refractivity (Wildman–Crippen MR) is 66.5 cm³/mol. The minimum atomic E-state index is -0.145. The second kappa shape index (κ2) is 4.55. The first-order chi connectivity index (χ1) is 7.63. The van der Waals surface area contributed by atoms with E-state index < -0.39 is 0 Å². The molecule has 1 aromatic rings. The third kappa shape index (κ3) is 1.99. The Bertz CT molecular complexity index is 433. The Morgan fingerprint density at radius 2 is 2.50 bits per heavy atom. The Morgan fingerprint density at radius 1 is 1.75 bits per heavy atom. The molecular weight excluding hydrogens is 272 g/mol. The molecule has 2 rings (SSSR count). The number of aromatic amines is 1. The third-order valence-corrected chi connectivity index (χ3v) is 3.76. The van der Waals surface area contributed by atoms with Gasteiger partial charge in [-0.05, 0) is 41.7 Å². The maximum absolute atomic E-state index is 11.5. The minimum absolute atomic E-state index is 0.145. The number of H-pyrrole nitrogens is 1. The maximum Gasteiger partial charge on any atom is 0.267 e. The highest BCUT2D eigenvalue weighted by Gasteiger charge is 2.30. The fourth-order valence-electron chi connectivity index (χ4n) is 2.18. The number of hydrogen-bond donors (Lipinski definition) is 2. The molecule has 0 radical (unpaired) electrons. The molecule has 1 aliphatic rings. The van der Waals surface area contributed by atoms with Crippen LogP contribution >= 0.6 is 15.9 Å². The predicted octanol–water partition coefficient (Wildman–Crippen LogP) is 0.706. The topological polar surface area (TPSA) is 75.0 Å². The number of aromatic nitrogens is 2. The fraction of sp³-hybridized carbons (Fsp3) is 0.600. The second-order valence-electron chi connectivity index (χ2n) is 4.21. The number of nitrogens with zero attached hydrogens (tertiary/aromatic N) is 2. The Kier molecular flexibility index (Phi) is 3.30. The zero-order valence-electron chi connectivity index (χ0n) is 9.11. The van der Waals surface area contributed by atoms with Crippen molar-refractivity contribution in [2.75, 3.05) is 18.0 Å². The van der Waals surface area contributed by atoms with Gasteiger partial charge in [-0.25, -0.2) is 4.98 Å². The van der Waals surface area contributed by atoms with Crippen LogP contribution in [0.25, 0.3) is 0 Å². The van der Waals surface area contributed by atoms with Crippen LogP contribution in [0.1, 0.15) is 13.3 Å². The number of rotatable bonds is 2. The van der Waals surface area contributed by atoms with E-state index >= 15 is 0 Å². The zero-order chi connectivity index (χ0) is 11.7. The number of hydrogen-bond acceptors (Lipinski definition) is 4. The lowest BCUT2D eigenvalue weighted by molar-refractivity contribution is 0.579. The van der Waals surface area contributed by atoms with E-state index in [9.17, 15) is 4.79 Å². The van der Waals surface area contributed by atoms with Gasteiger partial charge in [0.15, 0.2) is 5.82 Å². The van der Waals surface area contributed by atoms with Gasteiger partial charge in [0.05, 0.1) is 6.33 Å². The van der Waals surface area contributed by atoms with Crippen molar-refractivity contribution in [2.45, 2.75) is 19.4 Å².